The van der Waals surface area contributed by atoms with Gasteiger partial charge < -0.3 is 0 Å². The number of nitrogens with zero attached hydrogens (tertiary/aromatic N) is 1. The van der Waals surface area contributed by atoms with E-state index in [2.05, 4.69) is 5.10 Å². The van der Waals surface area contributed by atoms with Gasteiger partial charge in [-0.3, -0.25) is 15.3 Å². The maximum atomic E-state index is 12.7. The molecule has 3 rings (SSSR count). The van der Waals surface area contributed by atoms with Crippen molar-refractivity contribution in [1.29, 1.82) is 5.41 Å². The molecule has 0 amide bonds. The lowest BCUT2D eigenvalue weighted by Gasteiger charge is -2.05. The predicted octanol–water partition coefficient (Wildman–Crippen LogP) is 3.20. The van der Waals surface area contributed by atoms with E-state index < -0.39 is 0 Å². The Hall–Kier alpha value is -2.88. The molecule has 0 radical (unpaired) electrons. The summed E-state index contributed by atoms with van der Waals surface area (Å²) in [5.74, 6) is 0. The number of aryl methyl sites for hydroxylation is 2. The van der Waals surface area contributed by atoms with Crippen molar-refractivity contribution in [3.05, 3.63) is 87.3 Å². The standard InChI is InChI=1S/C18H17N3O/c1-12-8-6-7-11-15(12)17(19)16-13(2)20-21(18(16)22)14-9-4-3-5-10-14/h3-11,19-20H,1-2H3. The van der Waals surface area contributed by atoms with Crippen molar-refractivity contribution in [2.45, 2.75) is 13.8 Å². The van der Waals surface area contributed by atoms with Crippen molar-refractivity contribution in [2.24, 2.45) is 0 Å². The Morgan fingerprint density at radius 3 is 2.32 bits per heavy atom. The number of benzene rings is 2. The fourth-order valence-corrected chi connectivity index (χ4v) is 2.59. The maximum Gasteiger partial charge on any atom is 0.280 e. The van der Waals surface area contributed by atoms with Gasteiger partial charge in [-0.2, -0.15) is 0 Å². The summed E-state index contributed by atoms with van der Waals surface area (Å²) in [5.41, 5.74) is 3.70. The van der Waals surface area contributed by atoms with Crippen molar-refractivity contribution in [3.8, 4) is 5.69 Å². The molecular weight excluding hydrogens is 274 g/mol. The molecule has 0 bridgehead atoms. The highest BCUT2D eigenvalue weighted by atomic mass is 16.1. The van der Waals surface area contributed by atoms with Gasteiger partial charge in [-0.25, -0.2) is 4.68 Å². The maximum absolute atomic E-state index is 12.7. The van der Waals surface area contributed by atoms with Gasteiger partial charge in [0, 0.05) is 11.3 Å². The number of H-pyrrole nitrogens is 1. The van der Waals surface area contributed by atoms with Crippen LogP contribution in [0.25, 0.3) is 5.69 Å². The van der Waals surface area contributed by atoms with Crippen LogP contribution in [-0.2, 0) is 0 Å². The van der Waals surface area contributed by atoms with Gasteiger partial charge in [-0.15, -0.1) is 0 Å². The Kier molecular flexibility index (Phi) is 3.51. The lowest BCUT2D eigenvalue weighted by molar-refractivity contribution is 0.835. The molecule has 1 heterocycles. The van der Waals surface area contributed by atoms with Crippen LogP contribution < -0.4 is 5.56 Å². The Balaban J connectivity index is 2.14. The van der Waals surface area contributed by atoms with Crippen molar-refractivity contribution in [1.82, 2.24) is 9.78 Å². The number of hydrogen-bond acceptors (Lipinski definition) is 2. The molecule has 22 heavy (non-hydrogen) atoms. The summed E-state index contributed by atoms with van der Waals surface area (Å²) in [6.45, 7) is 3.77. The number of aromatic amines is 1. The lowest BCUT2D eigenvalue weighted by Crippen LogP contribution is -2.21. The second kappa shape index (κ2) is 5.48. The van der Waals surface area contributed by atoms with Crippen molar-refractivity contribution < 1.29 is 0 Å². The monoisotopic (exact) mass is 291 g/mol. The molecule has 0 saturated carbocycles. The minimum Gasteiger partial charge on any atom is -0.299 e. The minimum atomic E-state index is -0.197. The van der Waals surface area contributed by atoms with E-state index in [0.29, 0.717) is 11.3 Å². The first-order valence-electron chi connectivity index (χ1n) is 7.11. The number of nitrogens with one attached hydrogen (secondary N) is 2. The number of para-hydroxylation sites is 1. The molecule has 1 aromatic heterocycles. The summed E-state index contributed by atoms with van der Waals surface area (Å²) in [5, 5.41) is 11.5. The van der Waals surface area contributed by atoms with E-state index in [9.17, 15) is 4.79 Å². The predicted molar refractivity (Wildman–Crippen MR) is 88.2 cm³/mol. The van der Waals surface area contributed by atoms with E-state index >= 15 is 0 Å². The molecule has 2 aromatic carbocycles. The normalized spacial score (nSPS) is 10.6. The molecule has 2 N–H and O–H groups in total. The Morgan fingerprint density at radius 1 is 1.00 bits per heavy atom. The first-order chi connectivity index (χ1) is 10.6. The third kappa shape index (κ3) is 2.29. The van der Waals surface area contributed by atoms with Gasteiger partial charge in [0.2, 0.25) is 0 Å². The zero-order valence-corrected chi connectivity index (χ0v) is 12.6. The highest BCUT2D eigenvalue weighted by Crippen LogP contribution is 2.14. The van der Waals surface area contributed by atoms with Crippen LogP contribution in [0.1, 0.15) is 22.4 Å². The summed E-state index contributed by atoms with van der Waals surface area (Å²) < 4.78 is 1.48. The lowest BCUT2D eigenvalue weighted by atomic mass is 9.99. The molecule has 0 aliphatic rings. The smallest absolute Gasteiger partial charge is 0.280 e. The summed E-state index contributed by atoms with van der Waals surface area (Å²) >= 11 is 0. The average Bonchev–Trinajstić information content (AvgIpc) is 2.83. The second-order valence-corrected chi connectivity index (χ2v) is 5.28. The largest absolute Gasteiger partial charge is 0.299 e. The molecule has 0 atom stereocenters. The number of rotatable bonds is 3. The number of hydrogen-bond donors (Lipinski definition) is 2. The Morgan fingerprint density at radius 2 is 1.64 bits per heavy atom. The molecule has 0 spiro atoms. The first kappa shape index (κ1) is 14.1. The summed E-state index contributed by atoms with van der Waals surface area (Å²) in [6, 6.07) is 17.0. The average molecular weight is 291 g/mol. The van der Waals surface area contributed by atoms with Crippen molar-refractivity contribution >= 4 is 5.71 Å². The Bertz CT molecular complexity index is 888. The summed E-state index contributed by atoms with van der Waals surface area (Å²) in [6.07, 6.45) is 0. The van der Waals surface area contributed by atoms with Crippen molar-refractivity contribution in [2.75, 3.05) is 0 Å². The molecule has 0 unspecified atom stereocenters. The fraction of sp³-hybridized carbons (Fsp3) is 0.111. The van der Waals surface area contributed by atoms with Crippen LogP contribution in [0.2, 0.25) is 0 Å². The highest BCUT2D eigenvalue weighted by Gasteiger charge is 2.18. The van der Waals surface area contributed by atoms with E-state index in [-0.39, 0.29) is 11.3 Å². The van der Waals surface area contributed by atoms with Gasteiger partial charge >= 0.3 is 0 Å². The van der Waals surface area contributed by atoms with E-state index in [4.69, 9.17) is 5.41 Å². The van der Waals surface area contributed by atoms with Gasteiger partial charge in [-0.1, -0.05) is 42.5 Å². The summed E-state index contributed by atoms with van der Waals surface area (Å²) in [7, 11) is 0. The van der Waals surface area contributed by atoms with Gasteiger partial charge in [0.15, 0.2) is 0 Å². The van der Waals surface area contributed by atoms with E-state index in [1.165, 1.54) is 4.68 Å². The fourth-order valence-electron chi connectivity index (χ4n) is 2.59. The second-order valence-electron chi connectivity index (χ2n) is 5.28. The van der Waals surface area contributed by atoms with Gasteiger partial charge in [0.05, 0.1) is 17.0 Å². The molecule has 110 valence electrons. The van der Waals surface area contributed by atoms with Crippen molar-refractivity contribution in [3.63, 3.8) is 0 Å². The molecule has 4 heteroatoms. The number of aromatic nitrogens is 2. The quantitative estimate of drug-likeness (QED) is 0.715. The van der Waals surface area contributed by atoms with E-state index in [1.54, 1.807) is 0 Å². The molecule has 4 nitrogen and oxygen atoms in total. The van der Waals surface area contributed by atoms with Crippen LogP contribution >= 0.6 is 0 Å². The van der Waals surface area contributed by atoms with Crippen LogP contribution in [0.3, 0.4) is 0 Å². The molecule has 0 saturated heterocycles. The molecular formula is C18H17N3O. The van der Waals surface area contributed by atoms with E-state index in [0.717, 1.165) is 16.8 Å². The highest BCUT2D eigenvalue weighted by molar-refractivity contribution is 6.12. The zero-order valence-electron chi connectivity index (χ0n) is 12.6. The van der Waals surface area contributed by atoms with Gasteiger partial charge in [0.25, 0.3) is 5.56 Å². The summed E-state index contributed by atoms with van der Waals surface area (Å²) in [4.78, 5) is 12.7. The molecule has 0 fully saturated rings. The molecule has 0 aliphatic carbocycles. The zero-order chi connectivity index (χ0) is 15.7. The first-order valence-corrected chi connectivity index (χ1v) is 7.11. The van der Waals surface area contributed by atoms with E-state index in [1.807, 2.05) is 68.4 Å². The molecule has 0 aliphatic heterocycles. The molecule has 3 aromatic rings. The third-order valence-electron chi connectivity index (χ3n) is 3.75. The Labute approximate surface area is 128 Å². The minimum absolute atomic E-state index is 0.197. The third-order valence-corrected chi connectivity index (χ3v) is 3.75. The van der Waals surface area contributed by atoms with Crippen LogP contribution in [0.4, 0.5) is 0 Å². The van der Waals surface area contributed by atoms with Crippen LogP contribution in [0.15, 0.2) is 59.4 Å². The topological polar surface area (TPSA) is 61.6 Å². The van der Waals surface area contributed by atoms with Gasteiger partial charge in [0.1, 0.15) is 0 Å². The van der Waals surface area contributed by atoms with Gasteiger partial charge in [-0.05, 0) is 31.5 Å². The van der Waals surface area contributed by atoms with Crippen LogP contribution in [0.5, 0.6) is 0 Å². The van der Waals surface area contributed by atoms with Crippen LogP contribution in [0, 0.1) is 19.3 Å². The van der Waals surface area contributed by atoms with Crippen LogP contribution in [-0.4, -0.2) is 15.5 Å². The SMILES string of the molecule is Cc1ccccc1C(=N)c1c(C)[nH]n(-c2ccccc2)c1=O.